The summed E-state index contributed by atoms with van der Waals surface area (Å²) in [6, 6.07) is 13.0. The standard InChI is InChI=1S/C28H18O8/c1-28(2,3)17-9-15(22(29)13-4-6-18-20(11-13)26(33)35-24(18)31)8-16(10-17)23(30)14-5-7-19-21(12-14)27(34)36-25(19)32/h4-12H,1-3H3. The minimum atomic E-state index is -0.822. The van der Waals surface area contributed by atoms with Crippen LogP contribution < -0.4 is 0 Å². The van der Waals surface area contributed by atoms with Crippen LogP contribution in [0, 0.1) is 0 Å². The monoisotopic (exact) mass is 482 g/mol. The quantitative estimate of drug-likeness (QED) is 0.310. The summed E-state index contributed by atoms with van der Waals surface area (Å²) in [5.41, 5.74) is 1.21. The SMILES string of the molecule is CC(C)(C)c1cc(C(=O)c2ccc3c(c2)C(=O)OC3=O)cc(C(=O)c2ccc3c(c2)C(=O)OC3=O)c1. The van der Waals surface area contributed by atoms with Crippen molar-refractivity contribution >= 4 is 35.4 Å². The molecule has 0 atom stereocenters. The third-order valence-electron chi connectivity index (χ3n) is 6.14. The first-order chi connectivity index (χ1) is 16.9. The van der Waals surface area contributed by atoms with Crippen LogP contribution in [0.15, 0.2) is 54.6 Å². The van der Waals surface area contributed by atoms with Crippen molar-refractivity contribution in [2.45, 2.75) is 26.2 Å². The van der Waals surface area contributed by atoms with Crippen LogP contribution in [0.25, 0.3) is 0 Å². The predicted octanol–water partition coefficient (Wildman–Crippen LogP) is 4.07. The highest BCUT2D eigenvalue weighted by molar-refractivity contribution is 6.19. The van der Waals surface area contributed by atoms with E-state index in [4.69, 9.17) is 0 Å². The lowest BCUT2D eigenvalue weighted by molar-refractivity contribution is 0.0425. The first-order valence-electron chi connectivity index (χ1n) is 11.0. The summed E-state index contributed by atoms with van der Waals surface area (Å²) in [7, 11) is 0. The van der Waals surface area contributed by atoms with Crippen LogP contribution in [-0.4, -0.2) is 35.4 Å². The van der Waals surface area contributed by atoms with Crippen molar-refractivity contribution in [3.05, 3.63) is 105 Å². The topological polar surface area (TPSA) is 121 Å². The molecule has 8 nitrogen and oxygen atoms in total. The lowest BCUT2D eigenvalue weighted by atomic mass is 9.83. The van der Waals surface area contributed by atoms with Crippen LogP contribution >= 0.6 is 0 Å². The lowest BCUT2D eigenvalue weighted by Crippen LogP contribution is -2.15. The number of hydrogen-bond donors (Lipinski definition) is 0. The number of ketones is 2. The molecule has 0 spiro atoms. The zero-order valence-electron chi connectivity index (χ0n) is 19.5. The first-order valence-corrected chi connectivity index (χ1v) is 11.0. The van der Waals surface area contributed by atoms with E-state index in [9.17, 15) is 28.8 Å². The zero-order valence-corrected chi connectivity index (χ0v) is 19.5. The van der Waals surface area contributed by atoms with E-state index in [2.05, 4.69) is 9.47 Å². The molecule has 0 amide bonds. The second-order valence-electron chi connectivity index (χ2n) is 9.58. The van der Waals surface area contributed by atoms with Gasteiger partial charge in [0, 0.05) is 22.3 Å². The number of carbonyl (C=O) groups excluding carboxylic acids is 6. The van der Waals surface area contributed by atoms with Crippen LogP contribution in [0.3, 0.4) is 0 Å². The molecule has 0 saturated heterocycles. The molecule has 0 unspecified atom stereocenters. The molecular formula is C28H18O8. The third kappa shape index (κ3) is 3.73. The molecular weight excluding hydrogens is 464 g/mol. The van der Waals surface area contributed by atoms with Gasteiger partial charge in [-0.15, -0.1) is 0 Å². The Labute approximate surface area is 204 Å². The highest BCUT2D eigenvalue weighted by atomic mass is 16.6. The van der Waals surface area contributed by atoms with E-state index in [1.165, 1.54) is 42.5 Å². The van der Waals surface area contributed by atoms with Gasteiger partial charge in [-0.2, -0.15) is 0 Å². The van der Waals surface area contributed by atoms with E-state index in [1.54, 1.807) is 12.1 Å². The molecule has 0 bridgehead atoms. The average Bonchev–Trinajstić information content (AvgIpc) is 3.30. The smallest absolute Gasteiger partial charge is 0.346 e. The van der Waals surface area contributed by atoms with Crippen LogP contribution in [0.2, 0.25) is 0 Å². The van der Waals surface area contributed by atoms with Gasteiger partial charge in [0.2, 0.25) is 0 Å². The van der Waals surface area contributed by atoms with Crippen molar-refractivity contribution in [3.8, 4) is 0 Å². The van der Waals surface area contributed by atoms with Crippen molar-refractivity contribution in [1.29, 1.82) is 0 Å². The average molecular weight is 482 g/mol. The van der Waals surface area contributed by atoms with Gasteiger partial charge in [-0.05, 0) is 53.4 Å². The number of carbonyl (C=O) groups is 6. The fourth-order valence-corrected chi connectivity index (χ4v) is 4.11. The number of fused-ring (bicyclic) bond motifs is 2. The van der Waals surface area contributed by atoms with Gasteiger partial charge in [0.25, 0.3) is 0 Å². The minimum Gasteiger partial charge on any atom is -0.386 e. The zero-order chi connectivity index (χ0) is 25.9. The molecule has 0 aliphatic carbocycles. The number of ether oxygens (including phenoxy) is 2. The number of cyclic esters (lactones) is 4. The van der Waals surface area contributed by atoms with Gasteiger partial charge in [-0.3, -0.25) is 9.59 Å². The van der Waals surface area contributed by atoms with Crippen molar-refractivity contribution in [2.75, 3.05) is 0 Å². The molecule has 5 rings (SSSR count). The van der Waals surface area contributed by atoms with Gasteiger partial charge in [-0.25, -0.2) is 19.2 Å². The lowest BCUT2D eigenvalue weighted by Gasteiger charge is -2.21. The molecule has 0 saturated carbocycles. The second-order valence-corrected chi connectivity index (χ2v) is 9.58. The van der Waals surface area contributed by atoms with Crippen molar-refractivity contribution in [3.63, 3.8) is 0 Å². The molecule has 0 radical (unpaired) electrons. The van der Waals surface area contributed by atoms with Gasteiger partial charge in [0.05, 0.1) is 22.3 Å². The molecule has 2 aliphatic heterocycles. The molecule has 0 aromatic heterocycles. The Kier molecular flexibility index (Phi) is 5.06. The molecule has 3 aromatic rings. The van der Waals surface area contributed by atoms with Crippen LogP contribution in [0.1, 0.15) is 99.6 Å². The second kappa shape index (κ2) is 7.91. The molecule has 36 heavy (non-hydrogen) atoms. The summed E-state index contributed by atoms with van der Waals surface area (Å²) in [5.74, 6) is -4.08. The van der Waals surface area contributed by atoms with Gasteiger partial charge in [0.15, 0.2) is 11.6 Å². The number of hydrogen-bond acceptors (Lipinski definition) is 8. The summed E-state index contributed by atoms with van der Waals surface area (Å²) in [5, 5.41) is 0. The minimum absolute atomic E-state index is 0.00806. The van der Waals surface area contributed by atoms with Crippen LogP contribution in [0.4, 0.5) is 0 Å². The molecule has 2 heterocycles. The highest BCUT2D eigenvalue weighted by Gasteiger charge is 2.32. The Hall–Kier alpha value is -4.72. The molecule has 2 aliphatic rings. The van der Waals surface area contributed by atoms with E-state index >= 15 is 0 Å². The normalized spacial score (nSPS) is 14.3. The first kappa shape index (κ1) is 23.0. The Morgan fingerprint density at radius 3 is 1.31 bits per heavy atom. The third-order valence-corrected chi connectivity index (χ3v) is 6.14. The van der Waals surface area contributed by atoms with E-state index in [0.29, 0.717) is 5.56 Å². The van der Waals surface area contributed by atoms with E-state index in [1.807, 2.05) is 20.8 Å². The Balaban J connectivity index is 1.58. The maximum Gasteiger partial charge on any atom is 0.346 e. The molecule has 3 aromatic carbocycles. The van der Waals surface area contributed by atoms with Crippen molar-refractivity contribution < 1.29 is 38.2 Å². The van der Waals surface area contributed by atoms with E-state index in [0.717, 1.165) is 0 Å². The molecule has 8 heteroatoms. The van der Waals surface area contributed by atoms with Gasteiger partial charge < -0.3 is 9.47 Å². The Morgan fingerprint density at radius 1 is 0.528 bits per heavy atom. The van der Waals surface area contributed by atoms with Crippen LogP contribution in [0.5, 0.6) is 0 Å². The summed E-state index contributed by atoms with van der Waals surface area (Å²) < 4.78 is 9.19. The number of benzene rings is 3. The van der Waals surface area contributed by atoms with E-state index < -0.39 is 40.9 Å². The van der Waals surface area contributed by atoms with Crippen LogP contribution in [-0.2, 0) is 14.9 Å². The van der Waals surface area contributed by atoms with Crippen molar-refractivity contribution in [2.24, 2.45) is 0 Å². The summed E-state index contributed by atoms with van der Waals surface area (Å²) in [6.45, 7) is 5.79. The number of esters is 4. The summed E-state index contributed by atoms with van der Waals surface area (Å²) >= 11 is 0. The van der Waals surface area contributed by atoms with E-state index in [-0.39, 0.29) is 44.5 Å². The maximum absolute atomic E-state index is 13.4. The molecule has 0 fully saturated rings. The predicted molar refractivity (Wildman–Crippen MR) is 124 cm³/mol. The van der Waals surface area contributed by atoms with Gasteiger partial charge in [-0.1, -0.05) is 32.9 Å². The van der Waals surface area contributed by atoms with Gasteiger partial charge >= 0.3 is 23.9 Å². The summed E-state index contributed by atoms with van der Waals surface area (Å²) in [4.78, 5) is 74.2. The Bertz CT molecular complexity index is 1460. The summed E-state index contributed by atoms with van der Waals surface area (Å²) in [6.07, 6.45) is 0. The van der Waals surface area contributed by atoms with Gasteiger partial charge in [0.1, 0.15) is 0 Å². The fraction of sp³-hybridized carbons (Fsp3) is 0.143. The molecule has 178 valence electrons. The van der Waals surface area contributed by atoms with Crippen molar-refractivity contribution in [1.82, 2.24) is 0 Å². The largest absolute Gasteiger partial charge is 0.386 e. The highest BCUT2D eigenvalue weighted by Crippen LogP contribution is 2.29. The number of rotatable bonds is 4. The Morgan fingerprint density at radius 2 is 0.917 bits per heavy atom. The maximum atomic E-state index is 13.4. The fourth-order valence-electron chi connectivity index (χ4n) is 4.11. The molecule has 0 N–H and O–H groups in total.